The number of furan rings is 1. The van der Waals surface area contributed by atoms with Crippen LogP contribution in [0, 0.1) is 5.92 Å². The van der Waals surface area contributed by atoms with Gasteiger partial charge in [-0.2, -0.15) is 0 Å². The minimum atomic E-state index is 0.749. The van der Waals surface area contributed by atoms with E-state index in [-0.39, 0.29) is 0 Å². The third-order valence-corrected chi connectivity index (χ3v) is 4.31. The van der Waals surface area contributed by atoms with Gasteiger partial charge in [-0.1, -0.05) is 13.3 Å². The van der Waals surface area contributed by atoms with Crippen LogP contribution >= 0.6 is 0 Å². The van der Waals surface area contributed by atoms with Crippen molar-refractivity contribution < 1.29 is 4.42 Å². The molecular formula is C15H24N2O. The van der Waals surface area contributed by atoms with Gasteiger partial charge in [-0.15, -0.1) is 0 Å². The van der Waals surface area contributed by atoms with Gasteiger partial charge in [0.2, 0.25) is 0 Å². The summed E-state index contributed by atoms with van der Waals surface area (Å²) in [5.74, 6) is 2.05. The molecule has 0 amide bonds. The molecule has 18 heavy (non-hydrogen) atoms. The molecule has 1 saturated heterocycles. The molecule has 1 aliphatic carbocycles. The molecular weight excluding hydrogens is 224 g/mol. The van der Waals surface area contributed by atoms with Gasteiger partial charge in [-0.05, 0) is 37.8 Å². The van der Waals surface area contributed by atoms with Crippen LogP contribution in [0.2, 0.25) is 0 Å². The van der Waals surface area contributed by atoms with Gasteiger partial charge in [-0.3, -0.25) is 4.90 Å². The molecule has 2 heterocycles. The summed E-state index contributed by atoms with van der Waals surface area (Å²) in [6.07, 6.45) is 7.19. The van der Waals surface area contributed by atoms with Crippen LogP contribution in [0.15, 0.2) is 16.7 Å². The number of hydrogen-bond acceptors (Lipinski definition) is 3. The second-order valence-corrected chi connectivity index (χ2v) is 5.82. The molecule has 0 spiro atoms. The standard InChI is InChI=1S/C15H24N2O/c1-2-12-5-7-17(10-12)11-13-6-8-18-15(13)9-16-14-3-4-14/h6,8,12,14,16H,2-5,7,9-11H2,1H3. The van der Waals surface area contributed by atoms with Crippen molar-refractivity contribution >= 4 is 0 Å². The second kappa shape index (κ2) is 5.45. The molecule has 1 N–H and O–H groups in total. The maximum Gasteiger partial charge on any atom is 0.122 e. The highest BCUT2D eigenvalue weighted by molar-refractivity contribution is 5.17. The molecule has 2 aliphatic rings. The van der Waals surface area contributed by atoms with E-state index in [1.54, 1.807) is 0 Å². The Morgan fingerprint density at radius 1 is 1.39 bits per heavy atom. The molecule has 1 atom stereocenters. The summed E-state index contributed by atoms with van der Waals surface area (Å²) in [6, 6.07) is 2.89. The molecule has 1 unspecified atom stereocenters. The lowest BCUT2D eigenvalue weighted by Gasteiger charge is -2.15. The molecule has 3 rings (SSSR count). The minimum absolute atomic E-state index is 0.749. The highest BCUT2D eigenvalue weighted by Crippen LogP contribution is 2.24. The first-order valence-corrected chi connectivity index (χ1v) is 7.36. The summed E-state index contributed by atoms with van der Waals surface area (Å²) in [7, 11) is 0. The summed E-state index contributed by atoms with van der Waals surface area (Å²) in [4.78, 5) is 2.57. The fraction of sp³-hybridized carbons (Fsp3) is 0.733. The first-order valence-electron chi connectivity index (χ1n) is 7.36. The Hall–Kier alpha value is -0.800. The van der Waals surface area contributed by atoms with Gasteiger partial charge in [0.25, 0.3) is 0 Å². The van der Waals surface area contributed by atoms with Gasteiger partial charge >= 0.3 is 0 Å². The highest BCUT2D eigenvalue weighted by atomic mass is 16.3. The van der Waals surface area contributed by atoms with Gasteiger partial charge in [0.1, 0.15) is 5.76 Å². The van der Waals surface area contributed by atoms with E-state index in [0.29, 0.717) is 0 Å². The predicted molar refractivity (Wildman–Crippen MR) is 72.2 cm³/mol. The Labute approximate surface area is 110 Å². The van der Waals surface area contributed by atoms with Crippen LogP contribution in [0.3, 0.4) is 0 Å². The number of hydrogen-bond donors (Lipinski definition) is 1. The fourth-order valence-electron chi connectivity index (χ4n) is 2.82. The third-order valence-electron chi connectivity index (χ3n) is 4.31. The maximum atomic E-state index is 5.62. The Morgan fingerprint density at radius 3 is 3.00 bits per heavy atom. The van der Waals surface area contributed by atoms with E-state index < -0.39 is 0 Å². The van der Waals surface area contributed by atoms with E-state index in [1.807, 2.05) is 6.26 Å². The number of rotatable bonds is 6. The van der Waals surface area contributed by atoms with Crippen molar-refractivity contribution in [3.8, 4) is 0 Å². The van der Waals surface area contributed by atoms with Crippen molar-refractivity contribution in [2.75, 3.05) is 13.1 Å². The summed E-state index contributed by atoms with van der Waals surface area (Å²) in [5, 5.41) is 3.53. The Morgan fingerprint density at radius 2 is 2.28 bits per heavy atom. The largest absolute Gasteiger partial charge is 0.468 e. The van der Waals surface area contributed by atoms with Crippen LogP contribution in [0.5, 0.6) is 0 Å². The molecule has 1 aliphatic heterocycles. The van der Waals surface area contributed by atoms with Crippen LogP contribution < -0.4 is 5.32 Å². The van der Waals surface area contributed by atoms with Crippen molar-refractivity contribution in [2.24, 2.45) is 5.92 Å². The van der Waals surface area contributed by atoms with Crippen molar-refractivity contribution in [1.82, 2.24) is 10.2 Å². The molecule has 2 fully saturated rings. The van der Waals surface area contributed by atoms with E-state index in [1.165, 1.54) is 44.3 Å². The lowest BCUT2D eigenvalue weighted by Crippen LogP contribution is -2.22. The summed E-state index contributed by atoms with van der Waals surface area (Å²) < 4.78 is 5.62. The molecule has 0 radical (unpaired) electrons. The van der Waals surface area contributed by atoms with Crippen LogP contribution in [0.25, 0.3) is 0 Å². The Balaban J connectivity index is 1.53. The van der Waals surface area contributed by atoms with E-state index in [0.717, 1.165) is 30.8 Å². The number of likely N-dealkylation sites (tertiary alicyclic amines) is 1. The fourth-order valence-corrected chi connectivity index (χ4v) is 2.82. The van der Waals surface area contributed by atoms with Gasteiger partial charge < -0.3 is 9.73 Å². The average molecular weight is 248 g/mol. The second-order valence-electron chi connectivity index (χ2n) is 5.82. The average Bonchev–Trinajstić information content (AvgIpc) is 2.93. The lowest BCUT2D eigenvalue weighted by atomic mass is 10.1. The molecule has 100 valence electrons. The monoisotopic (exact) mass is 248 g/mol. The van der Waals surface area contributed by atoms with E-state index >= 15 is 0 Å². The van der Waals surface area contributed by atoms with Crippen molar-refractivity contribution in [3.05, 3.63) is 23.7 Å². The molecule has 1 aromatic rings. The zero-order valence-corrected chi connectivity index (χ0v) is 11.3. The molecule has 1 saturated carbocycles. The van der Waals surface area contributed by atoms with Gasteiger partial charge in [-0.25, -0.2) is 0 Å². The lowest BCUT2D eigenvalue weighted by molar-refractivity contribution is 0.311. The SMILES string of the molecule is CCC1CCN(Cc2ccoc2CNC2CC2)C1. The normalized spacial score (nSPS) is 24.8. The molecule has 1 aromatic heterocycles. The summed E-state index contributed by atoms with van der Waals surface area (Å²) in [6.45, 7) is 6.78. The van der Waals surface area contributed by atoms with Gasteiger partial charge in [0.15, 0.2) is 0 Å². The van der Waals surface area contributed by atoms with Crippen molar-refractivity contribution in [2.45, 2.75) is 51.7 Å². The highest BCUT2D eigenvalue weighted by Gasteiger charge is 2.23. The zero-order valence-electron chi connectivity index (χ0n) is 11.3. The van der Waals surface area contributed by atoms with Crippen LogP contribution in [-0.2, 0) is 13.1 Å². The van der Waals surface area contributed by atoms with E-state index in [9.17, 15) is 0 Å². The van der Waals surface area contributed by atoms with Crippen LogP contribution in [0.4, 0.5) is 0 Å². The summed E-state index contributed by atoms with van der Waals surface area (Å²) >= 11 is 0. The summed E-state index contributed by atoms with van der Waals surface area (Å²) in [5.41, 5.74) is 1.37. The van der Waals surface area contributed by atoms with Gasteiger partial charge in [0.05, 0.1) is 12.8 Å². The van der Waals surface area contributed by atoms with Crippen molar-refractivity contribution in [3.63, 3.8) is 0 Å². The molecule has 3 heteroatoms. The van der Waals surface area contributed by atoms with E-state index in [4.69, 9.17) is 4.42 Å². The molecule has 0 bridgehead atoms. The van der Waals surface area contributed by atoms with Crippen LogP contribution in [0.1, 0.15) is 43.9 Å². The topological polar surface area (TPSA) is 28.4 Å². The predicted octanol–water partition coefficient (Wildman–Crippen LogP) is 2.76. The number of nitrogens with zero attached hydrogens (tertiary/aromatic N) is 1. The van der Waals surface area contributed by atoms with Crippen LogP contribution in [-0.4, -0.2) is 24.0 Å². The van der Waals surface area contributed by atoms with Gasteiger partial charge in [0, 0.05) is 24.7 Å². The minimum Gasteiger partial charge on any atom is -0.468 e. The first kappa shape index (κ1) is 12.2. The van der Waals surface area contributed by atoms with E-state index in [2.05, 4.69) is 23.2 Å². The van der Waals surface area contributed by atoms with Crippen molar-refractivity contribution in [1.29, 1.82) is 0 Å². The Kier molecular flexibility index (Phi) is 3.71. The number of nitrogens with one attached hydrogen (secondary N) is 1. The quantitative estimate of drug-likeness (QED) is 0.839. The molecule has 0 aromatic carbocycles. The smallest absolute Gasteiger partial charge is 0.122 e. The Bertz CT molecular complexity index is 384. The third kappa shape index (κ3) is 2.96. The first-order chi connectivity index (χ1) is 8.85. The maximum absolute atomic E-state index is 5.62. The zero-order chi connectivity index (χ0) is 12.4. The molecule has 3 nitrogen and oxygen atoms in total.